The van der Waals surface area contributed by atoms with Gasteiger partial charge >= 0.3 is 0 Å². The largest absolute Gasteiger partial charge is 0.375 e. The Balaban J connectivity index is 1.63. The normalized spacial score (nSPS) is 18.3. The zero-order valence-electron chi connectivity index (χ0n) is 16.0. The topological polar surface area (TPSA) is 41.6 Å². The molecule has 1 amide bonds. The minimum Gasteiger partial charge on any atom is -0.375 e. The van der Waals surface area contributed by atoms with Crippen LogP contribution in [0.1, 0.15) is 31.0 Å². The summed E-state index contributed by atoms with van der Waals surface area (Å²) >= 11 is 0. The first kappa shape index (κ1) is 20.0. The molecule has 0 bridgehead atoms. The lowest BCUT2D eigenvalue weighted by Crippen LogP contribution is -2.41. The molecule has 0 spiro atoms. The number of carbonyl (C=O) groups is 1. The van der Waals surface area contributed by atoms with Crippen LogP contribution in [0.3, 0.4) is 0 Å². The third kappa shape index (κ3) is 5.16. The molecular weight excluding hydrogens is 362 g/mol. The second-order valence-corrected chi connectivity index (χ2v) is 6.96. The van der Waals surface area contributed by atoms with Gasteiger partial charge in [-0.1, -0.05) is 18.2 Å². The van der Waals surface area contributed by atoms with E-state index in [4.69, 9.17) is 4.74 Å². The highest BCUT2D eigenvalue weighted by atomic mass is 19.2. The number of morpholine rings is 1. The lowest BCUT2D eigenvalue weighted by Gasteiger charge is -2.33. The highest BCUT2D eigenvalue weighted by Gasteiger charge is 2.18. The highest BCUT2D eigenvalue weighted by Crippen LogP contribution is 2.22. The number of amides is 1. The van der Waals surface area contributed by atoms with Crippen molar-refractivity contribution in [1.29, 1.82) is 0 Å². The van der Waals surface area contributed by atoms with Gasteiger partial charge in [0.2, 0.25) is 5.91 Å². The van der Waals surface area contributed by atoms with Crippen LogP contribution in [-0.4, -0.2) is 31.7 Å². The van der Waals surface area contributed by atoms with Crippen molar-refractivity contribution in [1.82, 2.24) is 5.32 Å². The van der Waals surface area contributed by atoms with Gasteiger partial charge < -0.3 is 15.0 Å². The summed E-state index contributed by atoms with van der Waals surface area (Å²) in [5, 5.41) is 2.89. The van der Waals surface area contributed by atoms with E-state index in [9.17, 15) is 13.6 Å². The number of ether oxygens (including phenoxy) is 1. The number of hydrogen-bond donors (Lipinski definition) is 1. The van der Waals surface area contributed by atoms with Gasteiger partial charge in [0.25, 0.3) is 0 Å². The van der Waals surface area contributed by atoms with Crippen LogP contribution in [0.25, 0.3) is 6.08 Å². The van der Waals surface area contributed by atoms with E-state index in [1.165, 1.54) is 18.2 Å². The van der Waals surface area contributed by atoms with E-state index in [0.29, 0.717) is 12.2 Å². The molecule has 1 aliphatic heterocycles. The Hall–Kier alpha value is -2.73. The van der Waals surface area contributed by atoms with E-state index in [1.54, 1.807) is 0 Å². The molecule has 0 aliphatic carbocycles. The Morgan fingerprint density at radius 2 is 2.07 bits per heavy atom. The molecular formula is C22H24F2N2O2. The fourth-order valence-corrected chi connectivity index (χ4v) is 3.18. The van der Waals surface area contributed by atoms with Crippen LogP contribution < -0.4 is 10.2 Å². The first-order chi connectivity index (χ1) is 13.4. The zero-order valence-corrected chi connectivity index (χ0v) is 16.0. The van der Waals surface area contributed by atoms with Gasteiger partial charge in [-0.2, -0.15) is 0 Å². The van der Waals surface area contributed by atoms with Gasteiger partial charge in [-0.15, -0.1) is 0 Å². The number of rotatable bonds is 5. The third-order valence-corrected chi connectivity index (χ3v) is 4.71. The molecule has 4 nitrogen and oxygen atoms in total. The number of halogens is 2. The molecule has 2 atom stereocenters. The molecule has 1 unspecified atom stereocenters. The molecule has 6 heteroatoms. The number of nitrogens with one attached hydrogen (secondary N) is 1. The van der Waals surface area contributed by atoms with E-state index >= 15 is 0 Å². The van der Waals surface area contributed by atoms with E-state index in [2.05, 4.69) is 29.3 Å². The SMILES string of the molecule is CC1CN(c2cccc([C@@H](C)NC(=O)C=Cc3ccc(F)c(F)c3)c2)CCO1. The molecule has 1 aliphatic rings. The number of benzene rings is 2. The molecule has 1 heterocycles. The summed E-state index contributed by atoms with van der Waals surface area (Å²) in [6.45, 7) is 6.33. The van der Waals surface area contributed by atoms with Gasteiger partial charge in [0.15, 0.2) is 11.6 Å². The monoisotopic (exact) mass is 386 g/mol. The van der Waals surface area contributed by atoms with Crippen LogP contribution in [0.5, 0.6) is 0 Å². The molecule has 2 aromatic carbocycles. The summed E-state index contributed by atoms with van der Waals surface area (Å²) in [6.07, 6.45) is 2.96. The van der Waals surface area contributed by atoms with Crippen molar-refractivity contribution in [3.63, 3.8) is 0 Å². The van der Waals surface area contributed by atoms with E-state index < -0.39 is 11.6 Å². The quantitative estimate of drug-likeness (QED) is 0.788. The first-order valence-electron chi connectivity index (χ1n) is 9.32. The molecule has 0 saturated carbocycles. The van der Waals surface area contributed by atoms with Gasteiger partial charge in [0.05, 0.1) is 18.8 Å². The van der Waals surface area contributed by atoms with Crippen molar-refractivity contribution >= 4 is 17.7 Å². The Bertz CT molecular complexity index is 869. The second-order valence-electron chi connectivity index (χ2n) is 6.96. The first-order valence-corrected chi connectivity index (χ1v) is 9.32. The summed E-state index contributed by atoms with van der Waals surface area (Å²) in [7, 11) is 0. The maximum absolute atomic E-state index is 13.2. The Kier molecular flexibility index (Phi) is 6.41. The molecule has 0 aromatic heterocycles. The van der Waals surface area contributed by atoms with Crippen molar-refractivity contribution in [2.75, 3.05) is 24.6 Å². The lowest BCUT2D eigenvalue weighted by atomic mass is 10.1. The van der Waals surface area contributed by atoms with Crippen LogP contribution in [-0.2, 0) is 9.53 Å². The van der Waals surface area contributed by atoms with Crippen LogP contribution in [0.15, 0.2) is 48.5 Å². The van der Waals surface area contributed by atoms with Crippen LogP contribution in [0, 0.1) is 11.6 Å². The average molecular weight is 386 g/mol. The average Bonchev–Trinajstić information content (AvgIpc) is 2.69. The molecule has 1 saturated heterocycles. The van der Waals surface area contributed by atoms with Gasteiger partial charge in [-0.05, 0) is 55.3 Å². The van der Waals surface area contributed by atoms with Gasteiger partial charge in [-0.25, -0.2) is 8.78 Å². The van der Waals surface area contributed by atoms with Gasteiger partial charge in [0, 0.05) is 24.9 Å². The van der Waals surface area contributed by atoms with Crippen molar-refractivity contribution in [2.45, 2.75) is 26.0 Å². The predicted octanol–water partition coefficient (Wildman–Crippen LogP) is 4.08. The van der Waals surface area contributed by atoms with Gasteiger partial charge in [-0.3, -0.25) is 4.79 Å². The summed E-state index contributed by atoms with van der Waals surface area (Å²) in [5.74, 6) is -2.16. The summed E-state index contributed by atoms with van der Waals surface area (Å²) in [5.41, 5.74) is 2.52. The molecule has 1 fully saturated rings. The molecule has 148 valence electrons. The Morgan fingerprint density at radius 3 is 2.82 bits per heavy atom. The minimum absolute atomic E-state index is 0.191. The number of nitrogens with zero attached hydrogens (tertiary/aromatic N) is 1. The highest BCUT2D eigenvalue weighted by molar-refractivity contribution is 5.92. The lowest BCUT2D eigenvalue weighted by molar-refractivity contribution is -0.117. The van der Waals surface area contributed by atoms with Crippen LogP contribution in [0.2, 0.25) is 0 Å². The van der Waals surface area contributed by atoms with Crippen LogP contribution >= 0.6 is 0 Å². The third-order valence-electron chi connectivity index (χ3n) is 4.71. The molecule has 28 heavy (non-hydrogen) atoms. The van der Waals surface area contributed by atoms with E-state index in [1.807, 2.05) is 19.1 Å². The summed E-state index contributed by atoms with van der Waals surface area (Å²) < 4.78 is 31.8. The fraction of sp³-hybridized carbons (Fsp3) is 0.318. The molecule has 3 rings (SSSR count). The van der Waals surface area contributed by atoms with E-state index in [-0.39, 0.29) is 18.1 Å². The summed E-state index contributed by atoms with van der Waals surface area (Å²) in [4.78, 5) is 14.5. The maximum atomic E-state index is 13.2. The smallest absolute Gasteiger partial charge is 0.244 e. The van der Waals surface area contributed by atoms with Crippen molar-refractivity contribution in [2.24, 2.45) is 0 Å². The predicted molar refractivity (Wildman–Crippen MR) is 106 cm³/mol. The molecule has 1 N–H and O–H groups in total. The molecule has 2 aromatic rings. The number of carbonyl (C=O) groups excluding carboxylic acids is 1. The Labute approximate surface area is 163 Å². The number of hydrogen-bond acceptors (Lipinski definition) is 3. The zero-order chi connectivity index (χ0) is 20.1. The molecule has 0 radical (unpaired) electrons. The van der Waals surface area contributed by atoms with Crippen molar-refractivity contribution in [3.8, 4) is 0 Å². The van der Waals surface area contributed by atoms with Crippen molar-refractivity contribution < 1.29 is 18.3 Å². The summed E-state index contributed by atoms with van der Waals surface area (Å²) in [6, 6.07) is 11.4. The van der Waals surface area contributed by atoms with E-state index in [0.717, 1.165) is 36.5 Å². The van der Waals surface area contributed by atoms with Crippen LogP contribution in [0.4, 0.5) is 14.5 Å². The fourth-order valence-electron chi connectivity index (χ4n) is 3.18. The van der Waals surface area contributed by atoms with Gasteiger partial charge in [0.1, 0.15) is 0 Å². The Morgan fingerprint density at radius 1 is 1.25 bits per heavy atom. The maximum Gasteiger partial charge on any atom is 0.244 e. The van der Waals surface area contributed by atoms with Crippen molar-refractivity contribution in [3.05, 3.63) is 71.3 Å². The number of anilines is 1. The minimum atomic E-state index is -0.940. The second kappa shape index (κ2) is 8.97. The standard InChI is InChI=1S/C22H24F2N2O2/c1-15-14-26(10-11-28-15)19-5-3-4-18(13-19)16(2)25-22(27)9-7-17-6-8-20(23)21(24)12-17/h3-9,12-13,15-16H,10-11,14H2,1-2H3,(H,25,27)/t15?,16-/m1/s1.